The summed E-state index contributed by atoms with van der Waals surface area (Å²) in [5, 5.41) is 8.83. The maximum atomic E-state index is 10.9. The minimum Gasteiger partial charge on any atom is -0.394 e. The number of rotatable bonds is 5. The molecule has 15 heavy (non-hydrogen) atoms. The molecule has 0 aromatic rings. The highest BCUT2D eigenvalue weighted by molar-refractivity contribution is 7.89. The number of aliphatic hydroxyl groups is 1. The Balaban J connectivity index is 2.29. The lowest BCUT2D eigenvalue weighted by Crippen LogP contribution is -2.28. The molecular formula is C8H14O6S. The molecule has 1 rings (SSSR count). The zero-order chi connectivity index (χ0) is 11.3. The minimum atomic E-state index is -0.855. The van der Waals surface area contributed by atoms with E-state index in [1.165, 1.54) is 0 Å². The Bertz CT molecular complexity index is 223. The van der Waals surface area contributed by atoms with Crippen LogP contribution in [0.3, 0.4) is 0 Å². The Morgan fingerprint density at radius 1 is 1.73 bits per heavy atom. The molecule has 0 bridgehead atoms. The second-order valence-electron chi connectivity index (χ2n) is 3.40. The smallest absolute Gasteiger partial charge is 0.320 e. The van der Waals surface area contributed by atoms with Crippen molar-refractivity contribution in [3.8, 4) is 0 Å². The molecule has 0 saturated carbocycles. The van der Waals surface area contributed by atoms with Gasteiger partial charge >= 0.3 is 5.97 Å². The second kappa shape index (κ2) is 5.66. The first kappa shape index (κ1) is 12.7. The predicted molar refractivity (Wildman–Crippen MR) is 51.9 cm³/mol. The largest absolute Gasteiger partial charge is 0.394 e. The summed E-state index contributed by atoms with van der Waals surface area (Å²) in [6.45, 7) is 1.91. The first-order chi connectivity index (χ1) is 7.09. The van der Waals surface area contributed by atoms with Crippen LogP contribution in [0.4, 0.5) is 0 Å². The Kier molecular flexibility index (Phi) is 4.81. The number of ether oxygens (including phenoxy) is 2. The lowest BCUT2D eigenvalue weighted by atomic mass is 10.2. The minimum absolute atomic E-state index is 0.0250. The molecular weight excluding hydrogens is 224 g/mol. The monoisotopic (exact) mass is 238 g/mol. The fourth-order valence-electron chi connectivity index (χ4n) is 1.32. The van der Waals surface area contributed by atoms with Crippen LogP contribution in [0, 0.1) is 0 Å². The van der Waals surface area contributed by atoms with Crippen molar-refractivity contribution in [1.29, 1.82) is 0 Å². The van der Waals surface area contributed by atoms with E-state index in [1.54, 1.807) is 6.92 Å². The molecule has 0 amide bonds. The first-order valence-electron chi connectivity index (χ1n) is 4.53. The second-order valence-corrected chi connectivity index (χ2v) is 3.71. The lowest BCUT2D eigenvalue weighted by molar-refractivity contribution is -0.167. The van der Waals surface area contributed by atoms with Crippen molar-refractivity contribution in [1.82, 2.24) is 0 Å². The summed E-state index contributed by atoms with van der Waals surface area (Å²) in [5.41, 5.74) is 0. The van der Waals surface area contributed by atoms with Gasteiger partial charge in [-0.1, -0.05) is 0 Å². The van der Waals surface area contributed by atoms with Gasteiger partial charge in [0.25, 0.3) is 0 Å². The highest BCUT2D eigenvalue weighted by Gasteiger charge is 2.37. The normalized spacial score (nSPS) is 30.5. The quantitative estimate of drug-likeness (QED) is 0.676. The van der Waals surface area contributed by atoms with E-state index in [0.717, 1.165) is 0 Å². The Morgan fingerprint density at radius 2 is 2.47 bits per heavy atom. The van der Waals surface area contributed by atoms with Crippen LogP contribution in [0.1, 0.15) is 19.8 Å². The molecule has 6 nitrogen and oxygen atoms in total. The van der Waals surface area contributed by atoms with Crippen molar-refractivity contribution in [2.45, 2.75) is 31.7 Å². The van der Waals surface area contributed by atoms with E-state index < -0.39 is 11.8 Å². The van der Waals surface area contributed by atoms with Gasteiger partial charge in [0.05, 0.1) is 19.6 Å². The summed E-state index contributed by atoms with van der Waals surface area (Å²) in [6.07, 6.45) is 0.0729. The Morgan fingerprint density at radius 3 is 3.00 bits per heavy atom. The van der Waals surface area contributed by atoms with Gasteiger partial charge in [0.1, 0.15) is 6.10 Å². The van der Waals surface area contributed by atoms with Gasteiger partial charge in [0.15, 0.2) is 5.79 Å². The molecule has 7 heteroatoms. The number of carbonyl (C=O) groups is 1. The fraction of sp³-hybridized carbons (Fsp3) is 0.875. The van der Waals surface area contributed by atoms with Gasteiger partial charge in [0, 0.05) is 6.42 Å². The third kappa shape index (κ3) is 3.96. The molecule has 2 unspecified atom stereocenters. The standard InChI is InChI=1S/C8H14O6S/c1-8(3-2-7(10)14-15-11)12-5-6(4-9)13-8/h6,9,11H,2-5H2,1H3. The topological polar surface area (TPSA) is 85.2 Å². The highest BCUT2D eigenvalue weighted by Crippen LogP contribution is 2.28. The molecule has 88 valence electrons. The third-order valence-electron chi connectivity index (χ3n) is 2.11. The Hall–Kier alpha value is -0.340. The fourth-order valence-corrected chi connectivity index (χ4v) is 1.49. The highest BCUT2D eigenvalue weighted by atomic mass is 32.2. The van der Waals surface area contributed by atoms with Crippen molar-refractivity contribution in [2.75, 3.05) is 13.2 Å². The first-order valence-corrected chi connectivity index (χ1v) is 5.23. The lowest BCUT2D eigenvalue weighted by Gasteiger charge is -2.22. The van der Waals surface area contributed by atoms with E-state index in [2.05, 4.69) is 4.18 Å². The molecule has 1 aliphatic heterocycles. The molecule has 0 aromatic carbocycles. The summed E-state index contributed by atoms with van der Waals surface area (Å²) in [7, 11) is 0. The van der Waals surface area contributed by atoms with E-state index in [4.69, 9.17) is 19.1 Å². The van der Waals surface area contributed by atoms with E-state index in [9.17, 15) is 4.79 Å². The number of aliphatic hydroxyl groups excluding tert-OH is 1. The van der Waals surface area contributed by atoms with Gasteiger partial charge in [-0.25, -0.2) is 0 Å². The summed E-state index contributed by atoms with van der Waals surface area (Å²) in [4.78, 5) is 10.9. The molecule has 0 aromatic heterocycles. The van der Waals surface area contributed by atoms with Crippen molar-refractivity contribution in [3.05, 3.63) is 0 Å². The average molecular weight is 238 g/mol. The van der Waals surface area contributed by atoms with Crippen LogP contribution in [-0.2, 0) is 18.5 Å². The maximum Gasteiger partial charge on any atom is 0.320 e. The van der Waals surface area contributed by atoms with Crippen LogP contribution in [0.2, 0.25) is 0 Å². The van der Waals surface area contributed by atoms with E-state index in [0.29, 0.717) is 13.0 Å². The third-order valence-corrected chi connectivity index (χ3v) is 2.37. The molecule has 2 atom stereocenters. The summed E-state index contributed by atoms with van der Waals surface area (Å²) >= 11 is 0.0250. The number of carbonyl (C=O) groups excluding carboxylic acids is 1. The maximum absolute atomic E-state index is 10.9. The molecule has 0 radical (unpaired) electrons. The number of hydrogen-bond acceptors (Lipinski definition) is 7. The van der Waals surface area contributed by atoms with Gasteiger partial charge in [-0.05, 0) is 6.92 Å². The van der Waals surface area contributed by atoms with E-state index >= 15 is 0 Å². The van der Waals surface area contributed by atoms with Crippen LogP contribution in [0.5, 0.6) is 0 Å². The van der Waals surface area contributed by atoms with E-state index in [1.807, 2.05) is 0 Å². The molecule has 0 spiro atoms. The van der Waals surface area contributed by atoms with E-state index in [-0.39, 0.29) is 31.5 Å². The Labute approximate surface area is 91.9 Å². The van der Waals surface area contributed by atoms with Crippen molar-refractivity contribution < 1.29 is 28.1 Å². The molecule has 1 saturated heterocycles. The van der Waals surface area contributed by atoms with Crippen LogP contribution in [0.15, 0.2) is 0 Å². The molecule has 1 aliphatic rings. The SMILES string of the molecule is CC1(CCC(=O)OSO)OCC(CO)O1. The predicted octanol–water partition coefficient (Wildman–Crippen LogP) is 0.555. The van der Waals surface area contributed by atoms with Crippen molar-refractivity contribution >= 4 is 18.3 Å². The van der Waals surface area contributed by atoms with Crippen molar-refractivity contribution in [3.63, 3.8) is 0 Å². The molecule has 0 aliphatic carbocycles. The molecule has 1 heterocycles. The molecule has 2 N–H and O–H groups in total. The molecule has 1 fully saturated rings. The van der Waals surface area contributed by atoms with Crippen LogP contribution >= 0.6 is 12.3 Å². The van der Waals surface area contributed by atoms with Gasteiger partial charge in [-0.3, -0.25) is 9.35 Å². The summed E-state index contributed by atoms with van der Waals surface area (Å²) in [5.74, 6) is -1.39. The van der Waals surface area contributed by atoms with Gasteiger partial charge in [-0.2, -0.15) is 0 Å². The average Bonchev–Trinajstić information content (AvgIpc) is 2.59. The van der Waals surface area contributed by atoms with Crippen molar-refractivity contribution in [2.24, 2.45) is 0 Å². The zero-order valence-electron chi connectivity index (χ0n) is 8.34. The number of hydrogen-bond donors (Lipinski definition) is 2. The van der Waals surface area contributed by atoms with Crippen LogP contribution in [0.25, 0.3) is 0 Å². The van der Waals surface area contributed by atoms with Crippen LogP contribution in [-0.4, -0.2) is 40.7 Å². The van der Waals surface area contributed by atoms with Crippen LogP contribution < -0.4 is 0 Å². The zero-order valence-corrected chi connectivity index (χ0v) is 9.16. The summed E-state index contributed by atoms with van der Waals surface area (Å²) < 4.78 is 23.2. The van der Waals surface area contributed by atoms with Gasteiger partial charge in [0.2, 0.25) is 12.3 Å². The summed E-state index contributed by atoms with van der Waals surface area (Å²) in [6, 6.07) is 0. The van der Waals surface area contributed by atoms with Gasteiger partial charge < -0.3 is 18.8 Å². The van der Waals surface area contributed by atoms with Gasteiger partial charge in [-0.15, -0.1) is 0 Å².